The maximum Gasteiger partial charge on any atom is 0.255 e. The molecule has 5 nitrogen and oxygen atoms in total. The van der Waals surface area contributed by atoms with Crippen LogP contribution >= 0.6 is 0 Å². The van der Waals surface area contributed by atoms with Gasteiger partial charge in [-0.1, -0.05) is 0 Å². The molecular weight excluding hydrogens is 244 g/mol. The zero-order valence-corrected chi connectivity index (χ0v) is 10.3. The fourth-order valence-electron chi connectivity index (χ4n) is 1.76. The van der Waals surface area contributed by atoms with Crippen molar-refractivity contribution in [3.05, 3.63) is 47.5 Å². The van der Waals surface area contributed by atoms with Gasteiger partial charge < -0.3 is 21.3 Å². The summed E-state index contributed by atoms with van der Waals surface area (Å²) in [5, 5.41) is 21.2. The number of carbonyl (C=O) groups is 1. The van der Waals surface area contributed by atoms with Crippen molar-refractivity contribution in [1.82, 2.24) is 0 Å². The van der Waals surface area contributed by atoms with Crippen LogP contribution in [0.2, 0.25) is 0 Å². The molecule has 0 atom stereocenters. The average molecular weight is 258 g/mol. The molecule has 1 amide bonds. The van der Waals surface area contributed by atoms with E-state index in [1.807, 2.05) is 0 Å². The van der Waals surface area contributed by atoms with Crippen molar-refractivity contribution in [2.24, 2.45) is 0 Å². The quantitative estimate of drug-likeness (QED) is 0.490. The van der Waals surface area contributed by atoms with Crippen LogP contribution in [-0.4, -0.2) is 16.1 Å². The molecule has 5 N–H and O–H groups in total. The largest absolute Gasteiger partial charge is 0.508 e. The van der Waals surface area contributed by atoms with Crippen molar-refractivity contribution in [3.8, 4) is 11.5 Å². The molecule has 0 aliphatic carbocycles. The van der Waals surface area contributed by atoms with Crippen LogP contribution in [0.15, 0.2) is 36.4 Å². The maximum atomic E-state index is 12.1. The van der Waals surface area contributed by atoms with Gasteiger partial charge in [0.15, 0.2) is 0 Å². The van der Waals surface area contributed by atoms with Crippen molar-refractivity contribution >= 4 is 17.3 Å². The van der Waals surface area contributed by atoms with Gasteiger partial charge in [-0.25, -0.2) is 0 Å². The predicted molar refractivity (Wildman–Crippen MR) is 73.3 cm³/mol. The summed E-state index contributed by atoms with van der Waals surface area (Å²) in [7, 11) is 0. The first-order valence-corrected chi connectivity index (χ1v) is 5.67. The third kappa shape index (κ3) is 2.77. The number of rotatable bonds is 2. The van der Waals surface area contributed by atoms with E-state index >= 15 is 0 Å². The summed E-state index contributed by atoms with van der Waals surface area (Å²) in [6.45, 7) is 1.73. The molecule has 0 heterocycles. The van der Waals surface area contributed by atoms with Crippen LogP contribution in [0.25, 0.3) is 0 Å². The molecule has 0 spiro atoms. The molecule has 0 bridgehead atoms. The second kappa shape index (κ2) is 4.89. The van der Waals surface area contributed by atoms with Gasteiger partial charge in [0.2, 0.25) is 0 Å². The Balaban J connectivity index is 2.25. The number of benzene rings is 2. The van der Waals surface area contributed by atoms with Gasteiger partial charge in [0, 0.05) is 11.6 Å². The highest BCUT2D eigenvalue weighted by Crippen LogP contribution is 2.24. The minimum atomic E-state index is -0.324. The van der Waals surface area contributed by atoms with Crippen LogP contribution in [0.1, 0.15) is 15.9 Å². The number of nitrogen functional groups attached to an aromatic ring is 1. The number of aromatic hydroxyl groups is 2. The number of phenolic OH excluding ortho intramolecular Hbond substituents is 2. The first kappa shape index (κ1) is 12.8. The molecule has 98 valence electrons. The summed E-state index contributed by atoms with van der Waals surface area (Å²) in [5.74, 6) is -0.176. The third-order valence-electron chi connectivity index (χ3n) is 2.74. The summed E-state index contributed by atoms with van der Waals surface area (Å²) >= 11 is 0. The normalized spacial score (nSPS) is 10.2. The Labute approximate surface area is 110 Å². The molecular formula is C14H14N2O3. The summed E-state index contributed by atoms with van der Waals surface area (Å²) in [6, 6.07) is 8.82. The fraction of sp³-hybridized carbons (Fsp3) is 0.0714. The Bertz CT molecular complexity index is 639. The lowest BCUT2D eigenvalue weighted by Gasteiger charge is -2.10. The van der Waals surface area contributed by atoms with Crippen LogP contribution in [0.4, 0.5) is 11.4 Å². The number of nitrogens with one attached hydrogen (secondary N) is 1. The third-order valence-corrected chi connectivity index (χ3v) is 2.74. The van der Waals surface area contributed by atoms with E-state index in [1.165, 1.54) is 36.4 Å². The summed E-state index contributed by atoms with van der Waals surface area (Å²) < 4.78 is 0. The molecule has 0 fully saturated rings. The standard InChI is InChI=1S/C14H14N2O3/c1-8-6-9(17)2-4-11(8)14(19)16-13-5-3-10(18)7-12(13)15/h2-7,17-18H,15H2,1H3,(H,16,19). The minimum absolute atomic E-state index is 0.0383. The number of hydrogen-bond donors (Lipinski definition) is 4. The molecule has 0 aliphatic heterocycles. The molecule has 0 saturated carbocycles. The van der Waals surface area contributed by atoms with E-state index in [-0.39, 0.29) is 23.1 Å². The minimum Gasteiger partial charge on any atom is -0.508 e. The SMILES string of the molecule is Cc1cc(O)ccc1C(=O)Nc1ccc(O)cc1N. The second-order valence-electron chi connectivity index (χ2n) is 4.22. The molecule has 19 heavy (non-hydrogen) atoms. The maximum absolute atomic E-state index is 12.1. The van der Waals surface area contributed by atoms with Crippen LogP contribution in [0.3, 0.4) is 0 Å². The average Bonchev–Trinajstić information content (AvgIpc) is 2.32. The number of aryl methyl sites for hydroxylation is 1. The Hall–Kier alpha value is -2.69. The van der Waals surface area contributed by atoms with Crippen molar-refractivity contribution in [2.45, 2.75) is 6.92 Å². The van der Waals surface area contributed by atoms with Gasteiger partial charge in [0.05, 0.1) is 11.4 Å². The van der Waals surface area contributed by atoms with Gasteiger partial charge in [-0.2, -0.15) is 0 Å². The molecule has 0 aliphatic rings. The smallest absolute Gasteiger partial charge is 0.255 e. The van der Waals surface area contributed by atoms with Gasteiger partial charge in [0.1, 0.15) is 11.5 Å². The first-order valence-electron chi connectivity index (χ1n) is 5.67. The molecule has 2 aromatic carbocycles. The zero-order valence-electron chi connectivity index (χ0n) is 10.3. The first-order chi connectivity index (χ1) is 8.97. The Kier molecular flexibility index (Phi) is 3.29. The number of amides is 1. The monoisotopic (exact) mass is 258 g/mol. The van der Waals surface area contributed by atoms with Crippen LogP contribution < -0.4 is 11.1 Å². The lowest BCUT2D eigenvalue weighted by molar-refractivity contribution is 0.102. The molecule has 0 unspecified atom stereocenters. The molecule has 0 radical (unpaired) electrons. The van der Waals surface area contributed by atoms with Crippen molar-refractivity contribution in [3.63, 3.8) is 0 Å². The van der Waals surface area contributed by atoms with Crippen LogP contribution in [0.5, 0.6) is 11.5 Å². The highest BCUT2D eigenvalue weighted by atomic mass is 16.3. The van der Waals surface area contributed by atoms with E-state index in [9.17, 15) is 15.0 Å². The Morgan fingerprint density at radius 1 is 1.11 bits per heavy atom. The van der Waals surface area contributed by atoms with E-state index in [4.69, 9.17) is 5.73 Å². The molecule has 0 aromatic heterocycles. The lowest BCUT2D eigenvalue weighted by Crippen LogP contribution is -2.14. The number of hydrogen-bond acceptors (Lipinski definition) is 4. The van der Waals surface area contributed by atoms with Gasteiger partial charge in [0.25, 0.3) is 5.91 Å². The topological polar surface area (TPSA) is 95.6 Å². The number of nitrogens with two attached hydrogens (primary N) is 1. The summed E-state index contributed by atoms with van der Waals surface area (Å²) in [6.07, 6.45) is 0. The van der Waals surface area contributed by atoms with Crippen LogP contribution in [-0.2, 0) is 0 Å². The van der Waals surface area contributed by atoms with Crippen LogP contribution in [0, 0.1) is 6.92 Å². The van der Waals surface area contributed by atoms with Crippen molar-refractivity contribution < 1.29 is 15.0 Å². The van der Waals surface area contributed by atoms with E-state index in [1.54, 1.807) is 6.92 Å². The lowest BCUT2D eigenvalue weighted by atomic mass is 10.1. The second-order valence-corrected chi connectivity index (χ2v) is 4.22. The number of anilines is 2. The number of phenols is 2. The van der Waals surface area contributed by atoms with Gasteiger partial charge in [-0.05, 0) is 42.8 Å². The van der Waals surface area contributed by atoms with Gasteiger partial charge >= 0.3 is 0 Å². The highest BCUT2D eigenvalue weighted by molar-refractivity contribution is 6.06. The van der Waals surface area contributed by atoms with E-state index < -0.39 is 0 Å². The summed E-state index contributed by atoms with van der Waals surface area (Å²) in [5.41, 5.74) is 7.51. The Morgan fingerprint density at radius 2 is 1.74 bits per heavy atom. The fourth-order valence-corrected chi connectivity index (χ4v) is 1.76. The summed E-state index contributed by atoms with van der Waals surface area (Å²) in [4.78, 5) is 12.1. The predicted octanol–water partition coefficient (Wildman–Crippen LogP) is 2.24. The molecule has 0 saturated heterocycles. The zero-order chi connectivity index (χ0) is 14.0. The Morgan fingerprint density at radius 3 is 2.37 bits per heavy atom. The van der Waals surface area contributed by atoms with E-state index in [0.717, 1.165) is 0 Å². The molecule has 2 aromatic rings. The molecule has 5 heteroatoms. The van der Waals surface area contributed by atoms with E-state index in [2.05, 4.69) is 5.32 Å². The van der Waals surface area contributed by atoms with Crippen molar-refractivity contribution in [2.75, 3.05) is 11.1 Å². The molecule has 2 rings (SSSR count). The number of carbonyl (C=O) groups excluding carboxylic acids is 1. The van der Waals surface area contributed by atoms with E-state index in [0.29, 0.717) is 16.8 Å². The highest BCUT2D eigenvalue weighted by Gasteiger charge is 2.11. The van der Waals surface area contributed by atoms with Crippen molar-refractivity contribution in [1.29, 1.82) is 0 Å². The van der Waals surface area contributed by atoms with Gasteiger partial charge in [-0.3, -0.25) is 4.79 Å². The van der Waals surface area contributed by atoms with Gasteiger partial charge in [-0.15, -0.1) is 0 Å².